The number of carbonyl (C=O) groups excluding carboxylic acids is 2. The maximum absolute atomic E-state index is 12.0. The molecule has 2 aromatic carbocycles. The van der Waals surface area contributed by atoms with Crippen molar-refractivity contribution >= 4 is 28.8 Å². The highest BCUT2D eigenvalue weighted by atomic mass is 32.1. The third-order valence-corrected chi connectivity index (χ3v) is 5.93. The van der Waals surface area contributed by atoms with Crippen molar-refractivity contribution in [3.63, 3.8) is 0 Å². The molecule has 1 saturated carbocycles. The first-order chi connectivity index (χ1) is 14.0. The summed E-state index contributed by atoms with van der Waals surface area (Å²) < 4.78 is 0. The third-order valence-electron chi connectivity index (χ3n) is 5.04. The Bertz CT molecular complexity index is 1040. The molecule has 0 bridgehead atoms. The van der Waals surface area contributed by atoms with E-state index in [2.05, 4.69) is 5.32 Å². The lowest BCUT2D eigenvalue weighted by atomic mass is 10.1. The van der Waals surface area contributed by atoms with E-state index in [9.17, 15) is 9.59 Å². The van der Waals surface area contributed by atoms with Gasteiger partial charge < -0.3 is 10.2 Å². The molecule has 0 saturated heterocycles. The van der Waals surface area contributed by atoms with Gasteiger partial charge in [-0.2, -0.15) is 0 Å². The quantitative estimate of drug-likeness (QED) is 0.640. The number of thiazole rings is 1. The van der Waals surface area contributed by atoms with Crippen molar-refractivity contribution in [2.24, 2.45) is 5.92 Å². The Balaban J connectivity index is 1.48. The maximum atomic E-state index is 12.0. The van der Waals surface area contributed by atoms with Gasteiger partial charge in [-0.15, -0.1) is 11.3 Å². The van der Waals surface area contributed by atoms with Crippen LogP contribution in [-0.2, 0) is 16.1 Å². The van der Waals surface area contributed by atoms with E-state index in [1.54, 1.807) is 30.2 Å². The van der Waals surface area contributed by atoms with Crippen LogP contribution in [0.5, 0.6) is 0 Å². The third kappa shape index (κ3) is 4.71. The van der Waals surface area contributed by atoms with Crippen molar-refractivity contribution in [3.8, 4) is 21.8 Å². The summed E-state index contributed by atoms with van der Waals surface area (Å²) in [4.78, 5) is 29.8. The second kappa shape index (κ2) is 8.17. The van der Waals surface area contributed by atoms with Crippen molar-refractivity contribution in [1.29, 1.82) is 0 Å². The molecule has 1 aromatic heterocycles. The molecule has 0 spiro atoms. The second-order valence-electron chi connectivity index (χ2n) is 7.45. The molecule has 1 aliphatic carbocycles. The molecule has 1 aliphatic rings. The molecular formula is C23H23N3O2S. The first-order valence-electron chi connectivity index (χ1n) is 9.67. The van der Waals surface area contributed by atoms with E-state index >= 15 is 0 Å². The van der Waals surface area contributed by atoms with E-state index in [1.807, 2.05) is 53.9 Å². The van der Waals surface area contributed by atoms with Crippen molar-refractivity contribution in [2.45, 2.75) is 26.3 Å². The zero-order valence-electron chi connectivity index (χ0n) is 16.5. The zero-order valence-corrected chi connectivity index (χ0v) is 17.3. The highest BCUT2D eigenvalue weighted by Gasteiger charge is 2.29. The topological polar surface area (TPSA) is 62.3 Å². The average molecular weight is 406 g/mol. The lowest BCUT2D eigenvalue weighted by molar-refractivity contribution is -0.128. The summed E-state index contributed by atoms with van der Waals surface area (Å²) in [6, 6.07) is 16.0. The Morgan fingerprint density at radius 2 is 1.90 bits per heavy atom. The highest BCUT2D eigenvalue weighted by Crippen LogP contribution is 2.32. The van der Waals surface area contributed by atoms with Crippen LogP contribution in [-0.4, -0.2) is 28.7 Å². The maximum Gasteiger partial charge on any atom is 0.227 e. The van der Waals surface area contributed by atoms with Crippen molar-refractivity contribution in [1.82, 2.24) is 9.88 Å². The lowest BCUT2D eigenvalue weighted by Gasteiger charge is -2.14. The molecule has 0 aliphatic heterocycles. The Kier molecular flexibility index (Phi) is 5.45. The van der Waals surface area contributed by atoms with Gasteiger partial charge in [-0.05, 0) is 30.5 Å². The molecule has 5 nitrogen and oxygen atoms in total. The summed E-state index contributed by atoms with van der Waals surface area (Å²) in [6.07, 6.45) is 1.98. The summed E-state index contributed by atoms with van der Waals surface area (Å²) in [5, 5.41) is 5.95. The first-order valence-corrected chi connectivity index (χ1v) is 10.6. The molecule has 2 amide bonds. The molecule has 0 unspecified atom stereocenters. The lowest BCUT2D eigenvalue weighted by Crippen LogP contribution is -2.22. The van der Waals surface area contributed by atoms with Gasteiger partial charge in [0.05, 0.1) is 5.69 Å². The summed E-state index contributed by atoms with van der Waals surface area (Å²) in [7, 11) is 1.80. The van der Waals surface area contributed by atoms with Gasteiger partial charge in [-0.1, -0.05) is 36.4 Å². The number of amides is 2. The molecule has 148 valence electrons. The van der Waals surface area contributed by atoms with E-state index in [4.69, 9.17) is 4.98 Å². The van der Waals surface area contributed by atoms with Crippen LogP contribution in [0.15, 0.2) is 53.9 Å². The SMILES string of the molecule is CC(=O)N(C)Cc1ccc(-c2csc(-c3cccc(NC(=O)C4CC4)c3)n2)cc1. The van der Waals surface area contributed by atoms with Crippen LogP contribution in [0, 0.1) is 5.92 Å². The molecule has 1 fully saturated rings. The van der Waals surface area contributed by atoms with Crippen LogP contribution in [0.2, 0.25) is 0 Å². The number of hydrogen-bond donors (Lipinski definition) is 1. The number of carbonyl (C=O) groups is 2. The fraction of sp³-hybridized carbons (Fsp3) is 0.261. The molecule has 0 radical (unpaired) electrons. The van der Waals surface area contributed by atoms with E-state index in [0.29, 0.717) is 6.54 Å². The number of nitrogens with zero attached hydrogens (tertiary/aromatic N) is 2. The molecule has 1 N–H and O–H groups in total. The fourth-order valence-corrected chi connectivity index (χ4v) is 3.85. The minimum Gasteiger partial charge on any atom is -0.342 e. The van der Waals surface area contributed by atoms with Crippen molar-refractivity contribution in [2.75, 3.05) is 12.4 Å². The number of anilines is 1. The van der Waals surface area contributed by atoms with Gasteiger partial charge in [0.1, 0.15) is 5.01 Å². The van der Waals surface area contributed by atoms with Gasteiger partial charge in [0.15, 0.2) is 0 Å². The predicted octanol–water partition coefficient (Wildman–Crippen LogP) is 4.80. The number of rotatable bonds is 6. The van der Waals surface area contributed by atoms with Crippen molar-refractivity contribution < 1.29 is 9.59 Å². The minimum absolute atomic E-state index is 0.0498. The number of nitrogens with one attached hydrogen (secondary N) is 1. The Morgan fingerprint density at radius 1 is 1.14 bits per heavy atom. The van der Waals surface area contributed by atoms with Crippen LogP contribution in [0.25, 0.3) is 21.8 Å². The van der Waals surface area contributed by atoms with Gasteiger partial charge in [-0.3, -0.25) is 9.59 Å². The zero-order chi connectivity index (χ0) is 20.4. The summed E-state index contributed by atoms with van der Waals surface area (Å²) in [5.74, 6) is 0.342. The normalized spacial score (nSPS) is 13.2. The molecule has 1 heterocycles. The molecule has 29 heavy (non-hydrogen) atoms. The average Bonchev–Trinajstić information content (AvgIpc) is 3.46. The molecule has 3 aromatic rings. The fourth-order valence-electron chi connectivity index (χ4n) is 3.02. The first kappa shape index (κ1) is 19.3. The molecule has 6 heteroatoms. The van der Waals surface area contributed by atoms with Crippen molar-refractivity contribution in [3.05, 3.63) is 59.5 Å². The van der Waals surface area contributed by atoms with Crippen LogP contribution in [0.3, 0.4) is 0 Å². The van der Waals surface area contributed by atoms with E-state index in [-0.39, 0.29) is 17.7 Å². The monoisotopic (exact) mass is 405 g/mol. The van der Waals surface area contributed by atoms with Gasteiger partial charge in [0, 0.05) is 48.6 Å². The van der Waals surface area contributed by atoms with Crippen LogP contribution in [0.4, 0.5) is 5.69 Å². The second-order valence-corrected chi connectivity index (χ2v) is 8.31. The highest BCUT2D eigenvalue weighted by molar-refractivity contribution is 7.13. The number of hydrogen-bond acceptors (Lipinski definition) is 4. The standard InChI is InChI=1S/C23H23N3O2S/c1-15(27)26(2)13-16-6-8-17(9-7-16)21-14-29-23(25-21)19-4-3-5-20(12-19)24-22(28)18-10-11-18/h3-9,12,14,18H,10-11,13H2,1-2H3,(H,24,28). The van der Waals surface area contributed by atoms with Crippen LogP contribution >= 0.6 is 11.3 Å². The summed E-state index contributed by atoms with van der Waals surface area (Å²) in [6.45, 7) is 2.16. The molecular weight excluding hydrogens is 382 g/mol. The van der Waals surface area contributed by atoms with Crippen LogP contribution < -0.4 is 5.32 Å². The van der Waals surface area contributed by atoms with Gasteiger partial charge in [0.25, 0.3) is 0 Å². The smallest absolute Gasteiger partial charge is 0.227 e. The molecule has 0 atom stereocenters. The van der Waals surface area contributed by atoms with Gasteiger partial charge in [-0.25, -0.2) is 4.98 Å². The predicted molar refractivity (Wildman–Crippen MR) is 116 cm³/mol. The van der Waals surface area contributed by atoms with E-state index in [1.165, 1.54) is 0 Å². The molecule has 4 rings (SSSR count). The summed E-state index contributed by atoms with van der Waals surface area (Å²) >= 11 is 1.59. The van der Waals surface area contributed by atoms with Crippen LogP contribution in [0.1, 0.15) is 25.3 Å². The van der Waals surface area contributed by atoms with Gasteiger partial charge >= 0.3 is 0 Å². The number of aromatic nitrogens is 1. The Morgan fingerprint density at radius 3 is 2.59 bits per heavy atom. The van der Waals surface area contributed by atoms with E-state index in [0.717, 1.165) is 45.9 Å². The Hall–Kier alpha value is -2.99. The Labute approximate surface area is 174 Å². The van der Waals surface area contributed by atoms with E-state index < -0.39 is 0 Å². The largest absolute Gasteiger partial charge is 0.342 e. The van der Waals surface area contributed by atoms with Gasteiger partial charge in [0.2, 0.25) is 11.8 Å². The minimum atomic E-state index is 0.0498. The summed E-state index contributed by atoms with van der Waals surface area (Å²) in [5.41, 5.74) is 4.86. The number of benzene rings is 2.